The SMILES string of the molecule is CCOC(=O)N1CCc2c(sc3c2C(=O)N[C@@H](c2sccc2C)N3)C1. The number of hydrogen-bond donors (Lipinski definition) is 2. The molecular formula is C17H19N3O3S2. The first-order valence-electron chi connectivity index (χ1n) is 8.26. The van der Waals surface area contributed by atoms with Crippen LogP contribution < -0.4 is 10.6 Å². The molecule has 0 radical (unpaired) electrons. The number of carbonyl (C=O) groups is 2. The first-order valence-corrected chi connectivity index (χ1v) is 9.95. The lowest BCUT2D eigenvalue weighted by molar-refractivity contribution is 0.0934. The minimum atomic E-state index is -0.288. The van der Waals surface area contributed by atoms with Crippen LogP contribution in [0.15, 0.2) is 11.4 Å². The lowest BCUT2D eigenvalue weighted by Gasteiger charge is -2.28. The van der Waals surface area contributed by atoms with E-state index in [9.17, 15) is 9.59 Å². The second kappa shape index (κ2) is 6.34. The first-order chi connectivity index (χ1) is 12.1. The van der Waals surface area contributed by atoms with Crippen LogP contribution in [0.1, 0.15) is 44.3 Å². The quantitative estimate of drug-likeness (QED) is 0.840. The van der Waals surface area contributed by atoms with Gasteiger partial charge in [-0.1, -0.05) is 0 Å². The van der Waals surface area contributed by atoms with E-state index in [-0.39, 0.29) is 18.2 Å². The molecular weight excluding hydrogens is 358 g/mol. The van der Waals surface area contributed by atoms with Gasteiger partial charge in [0, 0.05) is 16.3 Å². The van der Waals surface area contributed by atoms with Crippen molar-refractivity contribution in [3.63, 3.8) is 0 Å². The molecule has 4 rings (SSSR count). The number of ether oxygens (including phenoxy) is 1. The molecule has 25 heavy (non-hydrogen) atoms. The van der Waals surface area contributed by atoms with Gasteiger partial charge in [-0.05, 0) is 42.8 Å². The third-order valence-electron chi connectivity index (χ3n) is 4.52. The molecule has 4 heterocycles. The largest absolute Gasteiger partial charge is 0.450 e. The first kappa shape index (κ1) is 16.4. The number of fused-ring (bicyclic) bond motifs is 3. The second-order valence-electron chi connectivity index (χ2n) is 6.10. The van der Waals surface area contributed by atoms with Gasteiger partial charge in [0.25, 0.3) is 5.91 Å². The van der Waals surface area contributed by atoms with E-state index in [2.05, 4.69) is 16.7 Å². The highest BCUT2D eigenvalue weighted by Gasteiger charge is 2.35. The number of anilines is 1. The molecule has 1 atom stereocenters. The molecule has 0 aliphatic carbocycles. The number of thiophene rings is 2. The highest BCUT2D eigenvalue weighted by atomic mass is 32.1. The molecule has 2 aliphatic rings. The Morgan fingerprint density at radius 2 is 2.28 bits per heavy atom. The zero-order valence-corrected chi connectivity index (χ0v) is 15.7. The van der Waals surface area contributed by atoms with Crippen LogP contribution in [-0.2, 0) is 17.7 Å². The number of hydrogen-bond acceptors (Lipinski definition) is 6. The van der Waals surface area contributed by atoms with E-state index in [1.807, 2.05) is 12.3 Å². The van der Waals surface area contributed by atoms with Crippen molar-refractivity contribution >= 4 is 39.7 Å². The van der Waals surface area contributed by atoms with Gasteiger partial charge in [0.15, 0.2) is 0 Å². The molecule has 2 aliphatic heterocycles. The maximum Gasteiger partial charge on any atom is 0.410 e. The Labute approximate surface area is 153 Å². The van der Waals surface area contributed by atoms with Crippen molar-refractivity contribution in [2.45, 2.75) is 33.0 Å². The second-order valence-corrected chi connectivity index (χ2v) is 8.15. The zero-order chi connectivity index (χ0) is 17.6. The summed E-state index contributed by atoms with van der Waals surface area (Å²) in [6.45, 7) is 5.30. The van der Waals surface area contributed by atoms with Crippen LogP contribution >= 0.6 is 22.7 Å². The summed E-state index contributed by atoms with van der Waals surface area (Å²) in [6, 6.07) is 2.06. The predicted octanol–water partition coefficient (Wildman–Crippen LogP) is 3.49. The van der Waals surface area contributed by atoms with E-state index >= 15 is 0 Å². The van der Waals surface area contributed by atoms with Gasteiger partial charge in [0.2, 0.25) is 0 Å². The molecule has 132 valence electrons. The van der Waals surface area contributed by atoms with E-state index in [4.69, 9.17) is 4.74 Å². The minimum absolute atomic E-state index is 0.0337. The molecule has 0 spiro atoms. The van der Waals surface area contributed by atoms with Crippen molar-refractivity contribution in [3.05, 3.63) is 37.9 Å². The lowest BCUT2D eigenvalue weighted by atomic mass is 10.0. The zero-order valence-electron chi connectivity index (χ0n) is 14.0. The summed E-state index contributed by atoms with van der Waals surface area (Å²) in [6.07, 6.45) is 0.197. The summed E-state index contributed by atoms with van der Waals surface area (Å²) >= 11 is 3.21. The van der Waals surface area contributed by atoms with Crippen LogP contribution in [0, 0.1) is 6.92 Å². The van der Waals surface area contributed by atoms with Crippen LogP contribution in [0.25, 0.3) is 0 Å². The van der Waals surface area contributed by atoms with Gasteiger partial charge in [-0.3, -0.25) is 4.79 Å². The van der Waals surface area contributed by atoms with Crippen LogP contribution in [0.3, 0.4) is 0 Å². The van der Waals surface area contributed by atoms with Crippen molar-refractivity contribution < 1.29 is 14.3 Å². The average Bonchev–Trinajstić information content (AvgIpc) is 3.17. The molecule has 2 aromatic rings. The highest BCUT2D eigenvalue weighted by Crippen LogP contribution is 2.41. The van der Waals surface area contributed by atoms with E-state index in [0.29, 0.717) is 26.1 Å². The van der Waals surface area contributed by atoms with Crippen LogP contribution in [0.5, 0.6) is 0 Å². The molecule has 0 saturated carbocycles. The molecule has 2 N–H and O–H groups in total. The Hall–Kier alpha value is -2.06. The van der Waals surface area contributed by atoms with Crippen LogP contribution in [0.2, 0.25) is 0 Å². The minimum Gasteiger partial charge on any atom is -0.450 e. The van der Waals surface area contributed by atoms with E-state index in [1.165, 1.54) is 5.56 Å². The van der Waals surface area contributed by atoms with Gasteiger partial charge in [-0.2, -0.15) is 0 Å². The van der Waals surface area contributed by atoms with Gasteiger partial charge in [-0.15, -0.1) is 22.7 Å². The number of nitrogens with zero attached hydrogens (tertiary/aromatic N) is 1. The Balaban J connectivity index is 1.61. The average molecular weight is 377 g/mol. The van der Waals surface area contributed by atoms with Crippen molar-refractivity contribution in [2.24, 2.45) is 0 Å². The maximum absolute atomic E-state index is 12.7. The summed E-state index contributed by atoms with van der Waals surface area (Å²) < 4.78 is 5.10. The molecule has 2 amide bonds. The number of carbonyl (C=O) groups excluding carboxylic acids is 2. The van der Waals surface area contributed by atoms with Crippen molar-refractivity contribution in [1.82, 2.24) is 10.2 Å². The summed E-state index contributed by atoms with van der Waals surface area (Å²) in [5, 5.41) is 9.46. The van der Waals surface area contributed by atoms with Gasteiger partial charge in [0.1, 0.15) is 11.2 Å². The Kier molecular flexibility index (Phi) is 4.16. The fourth-order valence-electron chi connectivity index (χ4n) is 3.30. The van der Waals surface area contributed by atoms with E-state index in [1.54, 1.807) is 34.5 Å². The Morgan fingerprint density at radius 3 is 3.00 bits per heavy atom. The smallest absolute Gasteiger partial charge is 0.410 e. The predicted molar refractivity (Wildman–Crippen MR) is 98.3 cm³/mol. The molecule has 0 fully saturated rings. The molecule has 0 unspecified atom stereocenters. The van der Waals surface area contributed by atoms with Crippen molar-refractivity contribution in [3.8, 4) is 0 Å². The Bertz CT molecular complexity index is 842. The van der Waals surface area contributed by atoms with E-state index in [0.717, 1.165) is 25.9 Å². The number of amides is 2. The van der Waals surface area contributed by atoms with Gasteiger partial charge < -0.3 is 20.3 Å². The normalized spacial score (nSPS) is 18.9. The topological polar surface area (TPSA) is 70.7 Å². The van der Waals surface area contributed by atoms with Crippen LogP contribution in [0.4, 0.5) is 9.80 Å². The lowest BCUT2D eigenvalue weighted by Crippen LogP contribution is -2.39. The monoisotopic (exact) mass is 377 g/mol. The van der Waals surface area contributed by atoms with Gasteiger partial charge in [-0.25, -0.2) is 4.79 Å². The maximum atomic E-state index is 12.7. The third-order valence-corrected chi connectivity index (χ3v) is 6.76. The molecule has 6 nitrogen and oxygen atoms in total. The van der Waals surface area contributed by atoms with Crippen molar-refractivity contribution in [1.29, 1.82) is 0 Å². The third kappa shape index (κ3) is 2.79. The number of nitrogens with one attached hydrogen (secondary N) is 2. The number of aryl methyl sites for hydroxylation is 1. The molecule has 0 aromatic carbocycles. The van der Waals surface area contributed by atoms with Gasteiger partial charge >= 0.3 is 6.09 Å². The molecule has 0 bridgehead atoms. The fraction of sp³-hybridized carbons (Fsp3) is 0.412. The summed E-state index contributed by atoms with van der Waals surface area (Å²) in [5.41, 5.74) is 2.97. The molecule has 0 saturated heterocycles. The molecule has 8 heteroatoms. The number of rotatable bonds is 2. The Morgan fingerprint density at radius 1 is 1.44 bits per heavy atom. The summed E-state index contributed by atoms with van der Waals surface area (Å²) in [5.74, 6) is -0.0337. The highest BCUT2D eigenvalue weighted by molar-refractivity contribution is 7.16. The summed E-state index contributed by atoms with van der Waals surface area (Å²) in [7, 11) is 0. The van der Waals surface area contributed by atoms with Crippen molar-refractivity contribution in [2.75, 3.05) is 18.5 Å². The molecule has 2 aromatic heterocycles. The standard InChI is InChI=1S/C17H19N3O3S2/c1-3-23-17(22)20-6-4-10-11(8-20)25-16-12(10)15(21)18-14(19-16)13-9(2)5-7-24-13/h5,7,14,19H,3-4,6,8H2,1-2H3,(H,18,21)/t14-/m1/s1. The van der Waals surface area contributed by atoms with Crippen LogP contribution in [-0.4, -0.2) is 30.1 Å². The van der Waals surface area contributed by atoms with E-state index < -0.39 is 0 Å². The summed E-state index contributed by atoms with van der Waals surface area (Å²) in [4.78, 5) is 28.6. The van der Waals surface area contributed by atoms with Gasteiger partial charge in [0.05, 0.1) is 18.7 Å². The fourth-order valence-corrected chi connectivity index (χ4v) is 5.51.